The standard InChI is InChI=1S/C12H18BrNOS/c13-12-5-4-11(16-12)9-14-7-2-1-3-10(14)6-8-15/h4-5,10,15H,1-3,6-9H2. The van der Waals surface area contributed by atoms with Crippen molar-refractivity contribution in [1.29, 1.82) is 0 Å². The third kappa shape index (κ3) is 3.29. The van der Waals surface area contributed by atoms with Gasteiger partial charge in [-0.2, -0.15) is 0 Å². The van der Waals surface area contributed by atoms with E-state index in [9.17, 15) is 0 Å². The van der Waals surface area contributed by atoms with Crippen LogP contribution >= 0.6 is 27.3 Å². The Balaban J connectivity index is 1.95. The van der Waals surface area contributed by atoms with E-state index in [-0.39, 0.29) is 0 Å². The number of nitrogens with zero attached hydrogens (tertiary/aromatic N) is 1. The summed E-state index contributed by atoms with van der Waals surface area (Å²) < 4.78 is 1.21. The lowest BCUT2D eigenvalue weighted by atomic mass is 9.99. The molecular formula is C12H18BrNOS. The third-order valence-electron chi connectivity index (χ3n) is 3.20. The number of thiophene rings is 1. The first kappa shape index (κ1) is 12.6. The van der Waals surface area contributed by atoms with Crippen molar-refractivity contribution in [3.8, 4) is 0 Å². The van der Waals surface area contributed by atoms with Crippen LogP contribution in [0.5, 0.6) is 0 Å². The van der Waals surface area contributed by atoms with Crippen LogP contribution in [0.3, 0.4) is 0 Å². The van der Waals surface area contributed by atoms with Crippen LogP contribution in [0.1, 0.15) is 30.6 Å². The van der Waals surface area contributed by atoms with Crippen LogP contribution in [0.4, 0.5) is 0 Å². The summed E-state index contributed by atoms with van der Waals surface area (Å²) in [4.78, 5) is 3.94. The predicted octanol–water partition coefficient (Wildman–Crippen LogP) is 3.25. The van der Waals surface area contributed by atoms with E-state index in [0.29, 0.717) is 12.6 Å². The van der Waals surface area contributed by atoms with Gasteiger partial charge in [0.25, 0.3) is 0 Å². The topological polar surface area (TPSA) is 23.5 Å². The molecule has 0 amide bonds. The molecule has 4 heteroatoms. The van der Waals surface area contributed by atoms with E-state index in [4.69, 9.17) is 5.11 Å². The van der Waals surface area contributed by atoms with Gasteiger partial charge in [0.1, 0.15) is 0 Å². The molecule has 16 heavy (non-hydrogen) atoms. The van der Waals surface area contributed by atoms with Crippen LogP contribution in [0.2, 0.25) is 0 Å². The lowest BCUT2D eigenvalue weighted by Crippen LogP contribution is -2.39. The maximum Gasteiger partial charge on any atom is 0.0701 e. The highest BCUT2D eigenvalue weighted by atomic mass is 79.9. The van der Waals surface area contributed by atoms with Gasteiger partial charge in [0.2, 0.25) is 0 Å². The molecule has 0 aliphatic carbocycles. The van der Waals surface area contributed by atoms with Crippen molar-refractivity contribution in [3.63, 3.8) is 0 Å². The van der Waals surface area contributed by atoms with Gasteiger partial charge in [-0.25, -0.2) is 0 Å². The minimum absolute atomic E-state index is 0.315. The number of halogens is 1. The highest BCUT2D eigenvalue weighted by Crippen LogP contribution is 2.27. The fraction of sp³-hybridized carbons (Fsp3) is 0.667. The Morgan fingerprint density at radius 1 is 1.44 bits per heavy atom. The van der Waals surface area contributed by atoms with E-state index in [1.54, 1.807) is 0 Å². The van der Waals surface area contributed by atoms with Crippen LogP contribution in [-0.2, 0) is 6.54 Å². The first-order valence-corrected chi connectivity index (χ1v) is 7.49. The van der Waals surface area contributed by atoms with E-state index < -0.39 is 0 Å². The van der Waals surface area contributed by atoms with Gasteiger partial charge >= 0.3 is 0 Å². The Labute approximate surface area is 109 Å². The lowest BCUT2D eigenvalue weighted by Gasteiger charge is -2.35. The summed E-state index contributed by atoms with van der Waals surface area (Å²) in [5.74, 6) is 0. The van der Waals surface area contributed by atoms with Crippen molar-refractivity contribution in [2.75, 3.05) is 13.2 Å². The van der Waals surface area contributed by atoms with Gasteiger partial charge in [-0.1, -0.05) is 6.42 Å². The van der Waals surface area contributed by atoms with E-state index in [1.165, 1.54) is 34.5 Å². The number of aliphatic hydroxyl groups excluding tert-OH is 1. The molecule has 0 bridgehead atoms. The maximum atomic E-state index is 9.07. The van der Waals surface area contributed by atoms with Gasteiger partial charge in [0.05, 0.1) is 3.79 Å². The number of hydrogen-bond acceptors (Lipinski definition) is 3. The van der Waals surface area contributed by atoms with E-state index in [2.05, 4.69) is 33.0 Å². The Hall–Kier alpha value is 0.1000. The molecule has 2 nitrogen and oxygen atoms in total. The van der Waals surface area contributed by atoms with E-state index >= 15 is 0 Å². The average Bonchev–Trinajstić information content (AvgIpc) is 2.67. The number of rotatable bonds is 4. The van der Waals surface area contributed by atoms with Crippen molar-refractivity contribution < 1.29 is 5.11 Å². The average molecular weight is 304 g/mol. The quantitative estimate of drug-likeness (QED) is 0.923. The normalized spacial score (nSPS) is 22.5. The Morgan fingerprint density at radius 3 is 3.00 bits per heavy atom. The van der Waals surface area contributed by atoms with Gasteiger partial charge in [-0.15, -0.1) is 11.3 Å². The molecule has 1 N–H and O–H groups in total. The summed E-state index contributed by atoms with van der Waals surface area (Å²) in [7, 11) is 0. The van der Waals surface area contributed by atoms with E-state index in [1.807, 2.05) is 11.3 Å². The van der Waals surface area contributed by atoms with Gasteiger partial charge in [-0.05, 0) is 53.9 Å². The monoisotopic (exact) mass is 303 g/mol. The Kier molecular flexibility index (Phi) is 4.82. The Morgan fingerprint density at radius 2 is 2.31 bits per heavy atom. The number of aliphatic hydroxyl groups is 1. The second kappa shape index (κ2) is 6.15. The summed E-state index contributed by atoms with van der Waals surface area (Å²) in [5.41, 5.74) is 0. The maximum absolute atomic E-state index is 9.07. The molecule has 2 rings (SSSR count). The number of piperidine rings is 1. The highest BCUT2D eigenvalue weighted by Gasteiger charge is 2.22. The molecule has 0 saturated carbocycles. The van der Waals surface area contributed by atoms with Crippen LogP contribution in [-0.4, -0.2) is 29.2 Å². The minimum atomic E-state index is 0.315. The molecule has 0 aromatic carbocycles. The first-order chi connectivity index (χ1) is 7.79. The Bertz CT molecular complexity index is 327. The zero-order valence-electron chi connectivity index (χ0n) is 9.36. The minimum Gasteiger partial charge on any atom is -0.396 e. The second-order valence-corrected chi connectivity index (χ2v) is 6.89. The van der Waals surface area contributed by atoms with Crippen molar-refractivity contribution in [3.05, 3.63) is 20.8 Å². The summed E-state index contributed by atoms with van der Waals surface area (Å²) in [5, 5.41) is 9.07. The lowest BCUT2D eigenvalue weighted by molar-refractivity contribution is 0.113. The molecule has 1 atom stereocenters. The zero-order chi connectivity index (χ0) is 11.4. The fourth-order valence-corrected chi connectivity index (χ4v) is 3.89. The molecule has 1 aromatic heterocycles. The number of likely N-dealkylation sites (tertiary alicyclic amines) is 1. The SMILES string of the molecule is OCCC1CCCCN1Cc1ccc(Br)s1. The molecule has 2 heterocycles. The molecule has 1 fully saturated rings. The molecule has 1 unspecified atom stereocenters. The van der Waals surface area contributed by atoms with Crippen LogP contribution in [0, 0.1) is 0 Å². The molecule has 0 spiro atoms. The molecular weight excluding hydrogens is 286 g/mol. The molecule has 0 radical (unpaired) electrons. The largest absolute Gasteiger partial charge is 0.396 e. The first-order valence-electron chi connectivity index (χ1n) is 5.88. The van der Waals surface area contributed by atoms with Gasteiger partial charge in [-0.3, -0.25) is 4.90 Å². The molecule has 1 saturated heterocycles. The smallest absolute Gasteiger partial charge is 0.0701 e. The van der Waals surface area contributed by atoms with Crippen molar-refractivity contribution in [2.45, 2.75) is 38.3 Å². The zero-order valence-corrected chi connectivity index (χ0v) is 11.8. The van der Waals surface area contributed by atoms with Gasteiger partial charge < -0.3 is 5.11 Å². The van der Waals surface area contributed by atoms with Crippen molar-refractivity contribution in [2.24, 2.45) is 0 Å². The summed E-state index contributed by atoms with van der Waals surface area (Å²) in [6.45, 7) is 2.54. The summed E-state index contributed by atoms with van der Waals surface area (Å²) in [6, 6.07) is 4.89. The van der Waals surface area contributed by atoms with Crippen LogP contribution in [0.15, 0.2) is 15.9 Å². The van der Waals surface area contributed by atoms with Crippen molar-refractivity contribution in [1.82, 2.24) is 4.90 Å². The van der Waals surface area contributed by atoms with Crippen LogP contribution < -0.4 is 0 Å². The molecule has 1 aliphatic rings. The summed E-state index contributed by atoms with van der Waals surface area (Å²) >= 11 is 5.32. The van der Waals surface area contributed by atoms with Gasteiger partial charge in [0.15, 0.2) is 0 Å². The fourth-order valence-electron chi connectivity index (χ4n) is 2.38. The number of hydrogen-bond donors (Lipinski definition) is 1. The van der Waals surface area contributed by atoms with Crippen LogP contribution in [0.25, 0.3) is 0 Å². The molecule has 1 aliphatic heterocycles. The summed E-state index contributed by atoms with van der Waals surface area (Å²) in [6.07, 6.45) is 4.78. The highest BCUT2D eigenvalue weighted by molar-refractivity contribution is 9.11. The third-order valence-corrected chi connectivity index (χ3v) is 4.81. The molecule has 1 aromatic rings. The van der Waals surface area contributed by atoms with E-state index in [0.717, 1.165) is 13.0 Å². The van der Waals surface area contributed by atoms with Crippen molar-refractivity contribution >= 4 is 27.3 Å². The predicted molar refractivity (Wildman–Crippen MR) is 71.8 cm³/mol. The molecule has 90 valence electrons. The van der Waals surface area contributed by atoms with Gasteiger partial charge in [0, 0.05) is 24.1 Å². The second-order valence-electron chi connectivity index (χ2n) is 4.34.